The van der Waals surface area contributed by atoms with Gasteiger partial charge in [0, 0.05) is 31.1 Å². The fraction of sp³-hybridized carbons (Fsp3) is 0.235. The molecular weight excluding hydrogens is 303 g/mol. The fourth-order valence-corrected chi connectivity index (χ4v) is 2.16. The molecule has 0 fully saturated rings. The summed E-state index contributed by atoms with van der Waals surface area (Å²) in [4.78, 5) is 11.7. The second-order valence-corrected chi connectivity index (χ2v) is 5.33. The van der Waals surface area contributed by atoms with Gasteiger partial charge in [-0.25, -0.2) is 4.39 Å². The summed E-state index contributed by atoms with van der Waals surface area (Å²) in [5.41, 5.74) is 1.88. The third kappa shape index (κ3) is 5.47. The summed E-state index contributed by atoms with van der Waals surface area (Å²) in [6.45, 7) is 1.61. The third-order valence-electron chi connectivity index (χ3n) is 3.21. The molecule has 2 aromatic rings. The molecule has 0 radical (unpaired) electrons. The molecule has 0 saturated heterocycles. The third-order valence-corrected chi connectivity index (χ3v) is 3.57. The normalized spacial score (nSPS) is 10.5. The maximum Gasteiger partial charge on any atom is 0.221 e. The number of carbonyl (C=O) groups is 1. The standard InChI is InChI=1S/C17H18ClFN2O/c18-16-4-2-1-3-14(16)12-20-10-9-17(22)21-11-13-5-7-15(19)8-6-13/h1-8,20H,9-12H2,(H,21,22). The Morgan fingerprint density at radius 3 is 2.50 bits per heavy atom. The number of benzene rings is 2. The van der Waals surface area contributed by atoms with Gasteiger partial charge in [0.2, 0.25) is 5.91 Å². The molecule has 2 rings (SSSR count). The Kier molecular flexibility index (Phi) is 6.37. The second-order valence-electron chi connectivity index (χ2n) is 4.92. The smallest absolute Gasteiger partial charge is 0.221 e. The molecule has 3 nitrogen and oxygen atoms in total. The average Bonchev–Trinajstić information content (AvgIpc) is 2.52. The zero-order valence-electron chi connectivity index (χ0n) is 12.1. The van der Waals surface area contributed by atoms with Crippen molar-refractivity contribution in [1.29, 1.82) is 0 Å². The van der Waals surface area contributed by atoms with Crippen LogP contribution < -0.4 is 10.6 Å². The van der Waals surface area contributed by atoms with Crippen molar-refractivity contribution in [2.75, 3.05) is 6.54 Å². The Morgan fingerprint density at radius 1 is 1.05 bits per heavy atom. The zero-order valence-corrected chi connectivity index (χ0v) is 12.9. The van der Waals surface area contributed by atoms with Crippen molar-refractivity contribution in [3.8, 4) is 0 Å². The fourth-order valence-electron chi connectivity index (χ4n) is 1.96. The minimum Gasteiger partial charge on any atom is -0.352 e. The Labute approximate surface area is 134 Å². The van der Waals surface area contributed by atoms with Crippen LogP contribution in [0.2, 0.25) is 5.02 Å². The maximum atomic E-state index is 12.8. The number of hydrogen-bond donors (Lipinski definition) is 2. The van der Waals surface area contributed by atoms with Crippen molar-refractivity contribution >= 4 is 17.5 Å². The molecule has 2 aromatic carbocycles. The van der Waals surface area contributed by atoms with E-state index in [9.17, 15) is 9.18 Å². The van der Waals surface area contributed by atoms with Crippen LogP contribution in [0.15, 0.2) is 48.5 Å². The highest BCUT2D eigenvalue weighted by Crippen LogP contribution is 2.14. The highest BCUT2D eigenvalue weighted by molar-refractivity contribution is 6.31. The molecule has 1 amide bonds. The lowest BCUT2D eigenvalue weighted by molar-refractivity contribution is -0.121. The van der Waals surface area contributed by atoms with Gasteiger partial charge in [-0.2, -0.15) is 0 Å². The van der Waals surface area contributed by atoms with Crippen LogP contribution in [0.25, 0.3) is 0 Å². The molecule has 0 aromatic heterocycles. The van der Waals surface area contributed by atoms with E-state index in [1.165, 1.54) is 12.1 Å². The number of carbonyl (C=O) groups excluding carboxylic acids is 1. The van der Waals surface area contributed by atoms with Gasteiger partial charge in [-0.15, -0.1) is 0 Å². The second kappa shape index (κ2) is 8.51. The first-order chi connectivity index (χ1) is 10.6. The van der Waals surface area contributed by atoms with Crippen molar-refractivity contribution < 1.29 is 9.18 Å². The van der Waals surface area contributed by atoms with Gasteiger partial charge in [-0.1, -0.05) is 41.9 Å². The zero-order chi connectivity index (χ0) is 15.8. The summed E-state index contributed by atoms with van der Waals surface area (Å²) >= 11 is 6.05. The molecule has 0 atom stereocenters. The van der Waals surface area contributed by atoms with E-state index in [4.69, 9.17) is 11.6 Å². The number of amides is 1. The molecule has 116 valence electrons. The molecule has 0 aliphatic carbocycles. The van der Waals surface area contributed by atoms with Crippen LogP contribution in [-0.2, 0) is 17.9 Å². The van der Waals surface area contributed by atoms with Crippen molar-refractivity contribution in [1.82, 2.24) is 10.6 Å². The molecule has 0 saturated carbocycles. The van der Waals surface area contributed by atoms with Crippen molar-refractivity contribution in [2.24, 2.45) is 0 Å². The minimum atomic E-state index is -0.279. The van der Waals surface area contributed by atoms with Gasteiger partial charge in [-0.05, 0) is 29.3 Å². The molecule has 0 bridgehead atoms. The van der Waals surface area contributed by atoms with Gasteiger partial charge in [0.1, 0.15) is 5.82 Å². The topological polar surface area (TPSA) is 41.1 Å². The average molecular weight is 321 g/mol. The quantitative estimate of drug-likeness (QED) is 0.769. The van der Waals surface area contributed by atoms with Gasteiger partial charge in [0.25, 0.3) is 0 Å². The highest BCUT2D eigenvalue weighted by Gasteiger charge is 2.02. The van der Waals surface area contributed by atoms with Crippen LogP contribution in [0.5, 0.6) is 0 Å². The number of nitrogens with one attached hydrogen (secondary N) is 2. The van der Waals surface area contributed by atoms with Crippen LogP contribution in [0.1, 0.15) is 17.5 Å². The van der Waals surface area contributed by atoms with Crippen LogP contribution in [0.3, 0.4) is 0 Å². The summed E-state index contributed by atoms with van der Waals surface area (Å²) in [7, 11) is 0. The summed E-state index contributed by atoms with van der Waals surface area (Å²) in [6.07, 6.45) is 0.381. The highest BCUT2D eigenvalue weighted by atomic mass is 35.5. The molecule has 0 heterocycles. The Balaban J connectivity index is 1.64. The molecular formula is C17H18ClFN2O. The maximum absolute atomic E-state index is 12.8. The van der Waals surface area contributed by atoms with Gasteiger partial charge in [0.15, 0.2) is 0 Å². The molecule has 5 heteroatoms. The van der Waals surface area contributed by atoms with E-state index >= 15 is 0 Å². The van der Waals surface area contributed by atoms with Crippen molar-refractivity contribution in [3.63, 3.8) is 0 Å². The van der Waals surface area contributed by atoms with Crippen molar-refractivity contribution in [3.05, 3.63) is 70.5 Å². The summed E-state index contributed by atoms with van der Waals surface area (Å²) in [6, 6.07) is 13.7. The van der Waals surface area contributed by atoms with E-state index < -0.39 is 0 Å². The summed E-state index contributed by atoms with van der Waals surface area (Å²) < 4.78 is 12.8. The number of halogens is 2. The van der Waals surface area contributed by atoms with E-state index in [1.807, 2.05) is 24.3 Å². The van der Waals surface area contributed by atoms with Gasteiger partial charge < -0.3 is 10.6 Å². The van der Waals surface area contributed by atoms with E-state index in [0.717, 1.165) is 16.1 Å². The van der Waals surface area contributed by atoms with Crippen LogP contribution in [-0.4, -0.2) is 12.5 Å². The van der Waals surface area contributed by atoms with E-state index in [1.54, 1.807) is 12.1 Å². The lowest BCUT2D eigenvalue weighted by atomic mass is 10.2. The van der Waals surface area contributed by atoms with E-state index in [-0.39, 0.29) is 11.7 Å². The summed E-state index contributed by atoms with van der Waals surface area (Å²) in [5.74, 6) is -0.324. The first-order valence-corrected chi connectivity index (χ1v) is 7.48. The molecule has 0 aliphatic rings. The van der Waals surface area contributed by atoms with Crippen molar-refractivity contribution in [2.45, 2.75) is 19.5 Å². The van der Waals surface area contributed by atoms with Crippen LogP contribution in [0.4, 0.5) is 4.39 Å². The first kappa shape index (κ1) is 16.5. The van der Waals surface area contributed by atoms with E-state index in [2.05, 4.69) is 10.6 Å². The Hall–Kier alpha value is -1.91. The SMILES string of the molecule is O=C(CCNCc1ccccc1Cl)NCc1ccc(F)cc1. The predicted octanol–water partition coefficient (Wildman–Crippen LogP) is 3.28. The van der Waals surface area contributed by atoms with Crippen LogP contribution >= 0.6 is 11.6 Å². The van der Waals surface area contributed by atoms with Crippen LogP contribution in [0, 0.1) is 5.82 Å². The van der Waals surface area contributed by atoms with E-state index in [0.29, 0.717) is 26.1 Å². The Morgan fingerprint density at radius 2 is 1.77 bits per heavy atom. The lowest BCUT2D eigenvalue weighted by Gasteiger charge is -2.08. The molecule has 2 N–H and O–H groups in total. The monoisotopic (exact) mass is 320 g/mol. The molecule has 0 spiro atoms. The predicted molar refractivity (Wildman–Crippen MR) is 86.0 cm³/mol. The molecule has 0 unspecified atom stereocenters. The minimum absolute atomic E-state index is 0.0454. The molecule has 0 aliphatic heterocycles. The number of hydrogen-bond acceptors (Lipinski definition) is 2. The molecule has 22 heavy (non-hydrogen) atoms. The summed E-state index contributed by atoms with van der Waals surface area (Å²) in [5, 5.41) is 6.70. The van der Waals surface area contributed by atoms with Gasteiger partial charge in [-0.3, -0.25) is 4.79 Å². The lowest BCUT2D eigenvalue weighted by Crippen LogP contribution is -2.27. The number of rotatable bonds is 7. The first-order valence-electron chi connectivity index (χ1n) is 7.10. The Bertz CT molecular complexity index is 616. The largest absolute Gasteiger partial charge is 0.352 e. The van der Waals surface area contributed by atoms with Gasteiger partial charge >= 0.3 is 0 Å². The van der Waals surface area contributed by atoms with Gasteiger partial charge in [0.05, 0.1) is 0 Å².